The van der Waals surface area contributed by atoms with E-state index in [0.29, 0.717) is 0 Å². The third-order valence-corrected chi connectivity index (χ3v) is 4.33. The lowest BCUT2D eigenvalue weighted by atomic mass is 10.1. The molecule has 1 aromatic heterocycles. The molecular formula is C12H21N3S. The van der Waals surface area contributed by atoms with Crippen molar-refractivity contribution in [1.82, 2.24) is 15.5 Å². The molecule has 0 aromatic carbocycles. The van der Waals surface area contributed by atoms with E-state index in [4.69, 9.17) is 0 Å². The second-order valence-corrected chi connectivity index (χ2v) is 5.57. The van der Waals surface area contributed by atoms with Crippen molar-refractivity contribution < 1.29 is 0 Å². The minimum atomic E-state index is 0.722. The van der Waals surface area contributed by atoms with Gasteiger partial charge in [0.05, 0.1) is 0 Å². The van der Waals surface area contributed by atoms with Crippen molar-refractivity contribution in [3.63, 3.8) is 0 Å². The van der Waals surface area contributed by atoms with E-state index < -0.39 is 0 Å². The Hall–Kier alpha value is -0.480. The Balaban J connectivity index is 1.77. The number of aryl methyl sites for hydroxylation is 1. The van der Waals surface area contributed by atoms with Crippen LogP contribution in [0.4, 0.5) is 0 Å². The SMILES string of the molecule is CCNCCCc1nnc(C2CCCC2)s1. The highest BCUT2D eigenvalue weighted by Crippen LogP contribution is 2.35. The third-order valence-electron chi connectivity index (χ3n) is 3.18. The van der Waals surface area contributed by atoms with Gasteiger partial charge in [0.2, 0.25) is 0 Å². The Bertz CT molecular complexity index is 305. The van der Waals surface area contributed by atoms with Crippen molar-refractivity contribution in [3.8, 4) is 0 Å². The molecule has 1 heterocycles. The van der Waals surface area contributed by atoms with Crippen LogP contribution < -0.4 is 5.32 Å². The van der Waals surface area contributed by atoms with Gasteiger partial charge in [-0.2, -0.15) is 0 Å². The number of hydrogen-bond acceptors (Lipinski definition) is 4. The molecule has 1 aliphatic rings. The maximum absolute atomic E-state index is 4.35. The molecule has 0 aliphatic heterocycles. The predicted molar refractivity (Wildman–Crippen MR) is 68.0 cm³/mol. The minimum Gasteiger partial charge on any atom is -0.317 e. The fourth-order valence-corrected chi connectivity index (χ4v) is 3.30. The van der Waals surface area contributed by atoms with Gasteiger partial charge < -0.3 is 5.32 Å². The Labute approximate surface area is 102 Å². The second kappa shape index (κ2) is 6.30. The van der Waals surface area contributed by atoms with E-state index in [-0.39, 0.29) is 0 Å². The molecule has 1 aromatic rings. The number of aromatic nitrogens is 2. The summed E-state index contributed by atoms with van der Waals surface area (Å²) in [5.74, 6) is 0.722. The van der Waals surface area contributed by atoms with E-state index in [1.165, 1.54) is 42.1 Å². The van der Waals surface area contributed by atoms with Crippen LogP contribution in [0, 0.1) is 0 Å². The van der Waals surface area contributed by atoms with Crippen molar-refractivity contribution >= 4 is 11.3 Å². The van der Waals surface area contributed by atoms with Crippen molar-refractivity contribution in [1.29, 1.82) is 0 Å². The molecule has 0 radical (unpaired) electrons. The van der Waals surface area contributed by atoms with E-state index in [9.17, 15) is 0 Å². The van der Waals surface area contributed by atoms with E-state index in [0.717, 1.165) is 25.4 Å². The molecule has 1 saturated carbocycles. The van der Waals surface area contributed by atoms with E-state index in [2.05, 4.69) is 22.4 Å². The highest BCUT2D eigenvalue weighted by Gasteiger charge is 2.20. The van der Waals surface area contributed by atoms with Gasteiger partial charge in [-0.15, -0.1) is 21.5 Å². The first kappa shape index (κ1) is 12.0. The van der Waals surface area contributed by atoms with E-state index in [1.54, 1.807) is 0 Å². The summed E-state index contributed by atoms with van der Waals surface area (Å²) in [6.45, 7) is 4.29. The first-order valence-electron chi connectivity index (χ1n) is 6.43. The lowest BCUT2D eigenvalue weighted by molar-refractivity contribution is 0.666. The maximum atomic E-state index is 4.35. The number of nitrogens with one attached hydrogen (secondary N) is 1. The average Bonchev–Trinajstić information content (AvgIpc) is 2.94. The maximum Gasteiger partial charge on any atom is 0.120 e. The van der Waals surface area contributed by atoms with Gasteiger partial charge in [0.1, 0.15) is 10.0 Å². The standard InChI is InChI=1S/C12H21N3S/c1-2-13-9-5-8-11-14-15-12(16-11)10-6-3-4-7-10/h10,13H,2-9H2,1H3. The fraction of sp³-hybridized carbons (Fsp3) is 0.833. The van der Waals surface area contributed by atoms with Crippen LogP contribution in [-0.4, -0.2) is 23.3 Å². The molecule has 0 unspecified atom stereocenters. The van der Waals surface area contributed by atoms with Crippen LogP contribution in [0.2, 0.25) is 0 Å². The minimum absolute atomic E-state index is 0.722. The smallest absolute Gasteiger partial charge is 0.120 e. The second-order valence-electron chi connectivity index (χ2n) is 4.47. The molecule has 4 heteroatoms. The van der Waals surface area contributed by atoms with Gasteiger partial charge >= 0.3 is 0 Å². The molecule has 3 nitrogen and oxygen atoms in total. The molecule has 0 amide bonds. The zero-order valence-corrected chi connectivity index (χ0v) is 10.9. The van der Waals surface area contributed by atoms with Gasteiger partial charge in [-0.05, 0) is 32.4 Å². The molecular weight excluding hydrogens is 218 g/mol. The van der Waals surface area contributed by atoms with Crippen molar-refractivity contribution in [3.05, 3.63) is 10.0 Å². The molecule has 16 heavy (non-hydrogen) atoms. The summed E-state index contributed by atoms with van der Waals surface area (Å²) in [6, 6.07) is 0. The number of hydrogen-bond donors (Lipinski definition) is 1. The molecule has 2 rings (SSSR count). The number of rotatable bonds is 6. The van der Waals surface area contributed by atoms with Crippen molar-refractivity contribution in [2.45, 2.75) is 51.4 Å². The lowest BCUT2D eigenvalue weighted by Gasteiger charge is -2.01. The molecule has 0 saturated heterocycles. The summed E-state index contributed by atoms with van der Waals surface area (Å²) in [5.41, 5.74) is 0. The van der Waals surface area contributed by atoms with E-state index in [1.807, 2.05) is 11.3 Å². The monoisotopic (exact) mass is 239 g/mol. The van der Waals surface area contributed by atoms with Gasteiger partial charge in [0.15, 0.2) is 0 Å². The summed E-state index contributed by atoms with van der Waals surface area (Å²) in [6.07, 6.45) is 7.66. The fourth-order valence-electron chi connectivity index (χ4n) is 2.25. The van der Waals surface area contributed by atoms with Crippen LogP contribution in [0.3, 0.4) is 0 Å². The first-order valence-corrected chi connectivity index (χ1v) is 7.24. The highest BCUT2D eigenvalue weighted by molar-refractivity contribution is 7.11. The Morgan fingerprint density at radius 3 is 2.88 bits per heavy atom. The van der Waals surface area contributed by atoms with Crippen LogP contribution in [0.1, 0.15) is 55.0 Å². The van der Waals surface area contributed by atoms with Crippen LogP contribution >= 0.6 is 11.3 Å². The zero-order valence-electron chi connectivity index (χ0n) is 10.0. The van der Waals surface area contributed by atoms with Crippen LogP contribution in [0.15, 0.2) is 0 Å². The zero-order chi connectivity index (χ0) is 11.2. The summed E-state index contributed by atoms with van der Waals surface area (Å²) in [4.78, 5) is 0. The van der Waals surface area contributed by atoms with Crippen LogP contribution in [0.25, 0.3) is 0 Å². The third kappa shape index (κ3) is 3.25. The van der Waals surface area contributed by atoms with Crippen molar-refractivity contribution in [2.75, 3.05) is 13.1 Å². The summed E-state index contributed by atoms with van der Waals surface area (Å²) in [5, 5.41) is 14.5. The van der Waals surface area contributed by atoms with E-state index >= 15 is 0 Å². The topological polar surface area (TPSA) is 37.8 Å². The molecule has 1 N–H and O–H groups in total. The normalized spacial score (nSPS) is 17.1. The Kier molecular flexibility index (Phi) is 4.72. The van der Waals surface area contributed by atoms with Crippen LogP contribution in [-0.2, 0) is 6.42 Å². The van der Waals surface area contributed by atoms with Gasteiger partial charge in [-0.3, -0.25) is 0 Å². The summed E-state index contributed by atoms with van der Waals surface area (Å²) in [7, 11) is 0. The number of nitrogens with zero attached hydrogens (tertiary/aromatic N) is 2. The molecule has 90 valence electrons. The largest absolute Gasteiger partial charge is 0.317 e. The molecule has 1 aliphatic carbocycles. The lowest BCUT2D eigenvalue weighted by Crippen LogP contribution is -2.14. The van der Waals surface area contributed by atoms with Gasteiger partial charge in [-0.1, -0.05) is 19.8 Å². The van der Waals surface area contributed by atoms with Crippen molar-refractivity contribution in [2.24, 2.45) is 0 Å². The predicted octanol–water partition coefficient (Wildman–Crippen LogP) is 2.74. The van der Waals surface area contributed by atoms with Gasteiger partial charge in [-0.25, -0.2) is 0 Å². The highest BCUT2D eigenvalue weighted by atomic mass is 32.1. The Morgan fingerprint density at radius 1 is 1.31 bits per heavy atom. The molecule has 0 atom stereocenters. The summed E-state index contributed by atoms with van der Waals surface area (Å²) < 4.78 is 0. The average molecular weight is 239 g/mol. The Morgan fingerprint density at radius 2 is 2.12 bits per heavy atom. The molecule has 0 spiro atoms. The molecule has 0 bridgehead atoms. The molecule has 1 fully saturated rings. The van der Waals surface area contributed by atoms with Gasteiger partial charge in [0.25, 0.3) is 0 Å². The van der Waals surface area contributed by atoms with Crippen LogP contribution in [0.5, 0.6) is 0 Å². The quantitative estimate of drug-likeness (QED) is 0.776. The summed E-state index contributed by atoms with van der Waals surface area (Å²) >= 11 is 1.84. The first-order chi connectivity index (χ1) is 7.90. The van der Waals surface area contributed by atoms with Gasteiger partial charge in [0, 0.05) is 12.3 Å².